The van der Waals surface area contributed by atoms with Crippen LogP contribution in [0, 0.1) is 12.3 Å². The van der Waals surface area contributed by atoms with Crippen molar-refractivity contribution in [1.29, 1.82) is 0 Å². The van der Waals surface area contributed by atoms with Crippen LogP contribution in [0.15, 0.2) is 11.0 Å². The molecule has 0 unspecified atom stereocenters. The van der Waals surface area contributed by atoms with E-state index in [9.17, 15) is 9.59 Å². The molecule has 0 aromatic carbocycles. The van der Waals surface area contributed by atoms with Gasteiger partial charge in [0.25, 0.3) is 5.56 Å². The smallest absolute Gasteiger partial charge is 0.325 e. The van der Waals surface area contributed by atoms with Crippen LogP contribution in [0.2, 0.25) is 5.02 Å². The van der Waals surface area contributed by atoms with Crippen molar-refractivity contribution in [2.24, 2.45) is 0 Å². The van der Waals surface area contributed by atoms with Gasteiger partial charge in [-0.05, 0) is 0 Å². The highest BCUT2D eigenvalue weighted by Gasteiger charge is 2.10. The lowest BCUT2D eigenvalue weighted by atomic mass is 10.4. The van der Waals surface area contributed by atoms with Crippen molar-refractivity contribution in [1.82, 2.24) is 9.78 Å². The lowest BCUT2D eigenvalue weighted by molar-refractivity contribution is -0.138. The number of ether oxygens (including phenoxy) is 1. The van der Waals surface area contributed by atoms with E-state index in [0.717, 1.165) is 4.68 Å². The van der Waals surface area contributed by atoms with E-state index in [1.807, 2.05) is 0 Å². The van der Waals surface area contributed by atoms with Gasteiger partial charge in [0.05, 0.1) is 18.3 Å². The predicted molar refractivity (Wildman–Crippen MR) is 62.8 cm³/mol. The number of hydrogen-bond acceptors (Lipinski definition) is 5. The number of hydrogen-bond donors (Lipinski definition) is 1. The van der Waals surface area contributed by atoms with Gasteiger partial charge in [-0.1, -0.05) is 17.5 Å². The van der Waals surface area contributed by atoms with Gasteiger partial charge in [-0.2, -0.15) is 5.10 Å². The van der Waals surface area contributed by atoms with E-state index >= 15 is 0 Å². The third-order valence-corrected chi connectivity index (χ3v) is 2.16. The molecule has 0 saturated carbocycles. The van der Waals surface area contributed by atoms with E-state index in [4.69, 9.17) is 18.0 Å². The maximum absolute atomic E-state index is 11.8. The summed E-state index contributed by atoms with van der Waals surface area (Å²) in [5.74, 6) is 1.77. The quantitative estimate of drug-likeness (QED) is 0.611. The number of aromatic nitrogens is 2. The average molecular weight is 256 g/mol. The second-order valence-electron chi connectivity index (χ2n) is 2.96. The molecule has 17 heavy (non-hydrogen) atoms. The third-order valence-electron chi connectivity index (χ3n) is 1.88. The fraction of sp³-hybridized carbons (Fsp3) is 0.300. The standard InChI is InChI=1S/C10H10ClN3O3/c1-3-4-14-10(16)9(7(11)5-13-14)12-6-8(15)17-2/h1,5,12H,4,6H2,2H3. The second-order valence-corrected chi connectivity index (χ2v) is 3.37. The molecule has 1 N–H and O–H groups in total. The SMILES string of the molecule is C#CCn1ncc(Cl)c(NCC(=O)OC)c1=O. The molecule has 1 aromatic heterocycles. The predicted octanol–water partition coefficient (Wildman–Crippen LogP) is 0.115. The summed E-state index contributed by atoms with van der Waals surface area (Å²) in [4.78, 5) is 22.7. The van der Waals surface area contributed by atoms with Crippen molar-refractivity contribution in [3.05, 3.63) is 21.6 Å². The van der Waals surface area contributed by atoms with E-state index in [1.54, 1.807) is 0 Å². The van der Waals surface area contributed by atoms with Crippen LogP contribution in [-0.4, -0.2) is 29.4 Å². The molecule has 1 aromatic rings. The number of nitrogens with zero attached hydrogens (tertiary/aromatic N) is 2. The highest BCUT2D eigenvalue weighted by molar-refractivity contribution is 6.33. The Labute approximate surface area is 103 Å². The lowest BCUT2D eigenvalue weighted by Crippen LogP contribution is -2.27. The van der Waals surface area contributed by atoms with Crippen LogP contribution in [0.25, 0.3) is 0 Å². The molecule has 0 radical (unpaired) electrons. The molecule has 6 nitrogen and oxygen atoms in total. The highest BCUT2D eigenvalue weighted by atomic mass is 35.5. The summed E-state index contributed by atoms with van der Waals surface area (Å²) in [6.07, 6.45) is 6.36. The van der Waals surface area contributed by atoms with Crippen molar-refractivity contribution in [2.75, 3.05) is 19.0 Å². The summed E-state index contributed by atoms with van der Waals surface area (Å²) in [5, 5.41) is 6.45. The van der Waals surface area contributed by atoms with E-state index in [2.05, 4.69) is 21.1 Å². The molecule has 0 aliphatic carbocycles. The minimum absolute atomic E-state index is 0.0307. The molecule has 0 bridgehead atoms. The normalized spacial score (nSPS) is 9.47. The molecule has 0 amide bonds. The summed E-state index contributed by atoms with van der Waals surface area (Å²) >= 11 is 5.79. The molecular weight excluding hydrogens is 246 g/mol. The van der Waals surface area contributed by atoms with Crippen LogP contribution in [0.1, 0.15) is 0 Å². The molecule has 0 aliphatic heterocycles. The van der Waals surface area contributed by atoms with Crippen molar-refractivity contribution in [3.63, 3.8) is 0 Å². The number of nitrogens with one attached hydrogen (secondary N) is 1. The Hall–Kier alpha value is -2.00. The van der Waals surface area contributed by atoms with Crippen LogP contribution in [0.3, 0.4) is 0 Å². The number of esters is 1. The molecule has 0 spiro atoms. The van der Waals surface area contributed by atoms with Crippen LogP contribution in [-0.2, 0) is 16.1 Å². The monoisotopic (exact) mass is 255 g/mol. The van der Waals surface area contributed by atoms with Gasteiger partial charge in [0.15, 0.2) is 0 Å². The van der Waals surface area contributed by atoms with Gasteiger partial charge >= 0.3 is 5.97 Å². The summed E-state index contributed by atoms with van der Waals surface area (Å²) in [7, 11) is 1.24. The van der Waals surface area contributed by atoms with Crippen molar-refractivity contribution in [3.8, 4) is 12.3 Å². The van der Waals surface area contributed by atoms with Gasteiger partial charge in [0.1, 0.15) is 18.8 Å². The Morgan fingerprint density at radius 2 is 2.47 bits per heavy atom. The topological polar surface area (TPSA) is 73.2 Å². The first-order valence-corrected chi connectivity index (χ1v) is 4.97. The first kappa shape index (κ1) is 13.1. The third kappa shape index (κ3) is 3.23. The minimum Gasteiger partial charge on any atom is -0.468 e. The number of anilines is 1. The number of halogens is 1. The zero-order valence-corrected chi connectivity index (χ0v) is 9.82. The Bertz CT molecular complexity index is 519. The first-order chi connectivity index (χ1) is 8.10. The van der Waals surface area contributed by atoms with Crippen molar-refractivity contribution < 1.29 is 9.53 Å². The van der Waals surface area contributed by atoms with Crippen LogP contribution >= 0.6 is 11.6 Å². The molecule has 1 rings (SSSR count). The van der Waals surface area contributed by atoms with Gasteiger partial charge < -0.3 is 10.1 Å². The summed E-state index contributed by atoms with van der Waals surface area (Å²) < 4.78 is 5.49. The maximum atomic E-state index is 11.8. The average Bonchev–Trinajstić information content (AvgIpc) is 2.32. The van der Waals surface area contributed by atoms with E-state index in [-0.39, 0.29) is 23.8 Å². The van der Waals surface area contributed by atoms with Gasteiger partial charge in [-0.3, -0.25) is 9.59 Å². The number of methoxy groups -OCH3 is 1. The number of carbonyl (C=O) groups excluding carboxylic acids is 1. The fourth-order valence-corrected chi connectivity index (χ4v) is 1.25. The van der Waals surface area contributed by atoms with Crippen LogP contribution < -0.4 is 10.9 Å². The van der Waals surface area contributed by atoms with Gasteiger partial charge in [-0.15, -0.1) is 6.42 Å². The molecule has 0 aliphatic rings. The number of rotatable bonds is 4. The molecular formula is C10H10ClN3O3. The summed E-state index contributed by atoms with van der Waals surface area (Å²) in [5.41, 5.74) is -0.415. The zero-order chi connectivity index (χ0) is 12.8. The van der Waals surface area contributed by atoms with Crippen molar-refractivity contribution in [2.45, 2.75) is 6.54 Å². The van der Waals surface area contributed by atoms with Gasteiger partial charge in [0, 0.05) is 0 Å². The van der Waals surface area contributed by atoms with E-state index < -0.39 is 11.5 Å². The van der Waals surface area contributed by atoms with Gasteiger partial charge in [-0.25, -0.2) is 4.68 Å². The molecule has 0 saturated heterocycles. The summed E-state index contributed by atoms with van der Waals surface area (Å²) in [6, 6.07) is 0. The zero-order valence-electron chi connectivity index (χ0n) is 9.07. The lowest BCUT2D eigenvalue weighted by Gasteiger charge is -2.08. The van der Waals surface area contributed by atoms with Crippen LogP contribution in [0.5, 0.6) is 0 Å². The number of terminal acetylenes is 1. The van der Waals surface area contributed by atoms with Crippen molar-refractivity contribution >= 4 is 23.3 Å². The Morgan fingerprint density at radius 1 is 1.76 bits per heavy atom. The molecule has 0 atom stereocenters. The van der Waals surface area contributed by atoms with E-state index in [1.165, 1.54) is 13.3 Å². The fourth-order valence-electron chi connectivity index (χ4n) is 1.06. The minimum atomic E-state index is -0.513. The maximum Gasteiger partial charge on any atom is 0.325 e. The van der Waals surface area contributed by atoms with E-state index in [0.29, 0.717) is 0 Å². The largest absolute Gasteiger partial charge is 0.468 e. The Kier molecular flexibility index (Phi) is 4.55. The second kappa shape index (κ2) is 5.92. The van der Waals surface area contributed by atoms with Gasteiger partial charge in [0.2, 0.25) is 0 Å². The molecule has 1 heterocycles. The number of carbonyl (C=O) groups is 1. The Balaban J connectivity index is 2.98. The Morgan fingerprint density at radius 3 is 3.06 bits per heavy atom. The molecule has 0 fully saturated rings. The molecule has 7 heteroatoms. The first-order valence-electron chi connectivity index (χ1n) is 4.60. The highest BCUT2D eigenvalue weighted by Crippen LogP contribution is 2.14. The molecule has 90 valence electrons. The van der Waals surface area contributed by atoms with Crippen LogP contribution in [0.4, 0.5) is 5.69 Å². The summed E-state index contributed by atoms with van der Waals surface area (Å²) in [6.45, 7) is -0.131.